The maximum atomic E-state index is 3.52. The van der Waals surface area contributed by atoms with Crippen molar-refractivity contribution in [1.82, 2.24) is 0 Å². The summed E-state index contributed by atoms with van der Waals surface area (Å²) in [4.78, 5) is 2.36. The summed E-state index contributed by atoms with van der Waals surface area (Å²) in [7, 11) is 0. The minimum atomic E-state index is 0.861. The average Bonchev–Trinajstić information content (AvgIpc) is 2.49. The molecule has 112 valence electrons. The van der Waals surface area contributed by atoms with E-state index in [0.29, 0.717) is 0 Å². The number of anilines is 2. The number of rotatable bonds is 6. The fourth-order valence-electron chi connectivity index (χ4n) is 2.44. The van der Waals surface area contributed by atoms with Gasteiger partial charge in [0.2, 0.25) is 0 Å². The molecule has 0 aliphatic heterocycles. The Morgan fingerprint density at radius 3 is 2.24 bits per heavy atom. The highest BCUT2D eigenvalue weighted by molar-refractivity contribution is 14.1. The van der Waals surface area contributed by atoms with E-state index >= 15 is 0 Å². The van der Waals surface area contributed by atoms with Crippen molar-refractivity contribution >= 4 is 34.0 Å². The number of nitrogens with zero attached hydrogens (tertiary/aromatic N) is 1. The van der Waals surface area contributed by atoms with Gasteiger partial charge in [-0.15, -0.1) is 0 Å². The van der Waals surface area contributed by atoms with E-state index in [0.717, 1.165) is 19.6 Å². The van der Waals surface area contributed by atoms with Crippen molar-refractivity contribution in [2.75, 3.05) is 23.3 Å². The predicted octanol–water partition coefficient (Wildman–Crippen LogP) is 5.06. The molecule has 0 atom stereocenters. The number of halogens is 1. The largest absolute Gasteiger partial charge is 0.381 e. The van der Waals surface area contributed by atoms with Gasteiger partial charge in [0, 0.05) is 34.6 Å². The summed E-state index contributed by atoms with van der Waals surface area (Å²) in [6.07, 6.45) is 0. The van der Waals surface area contributed by atoms with Crippen LogP contribution in [0.5, 0.6) is 0 Å². The molecule has 0 amide bonds. The monoisotopic (exact) mass is 394 g/mol. The first-order valence-electron chi connectivity index (χ1n) is 7.48. The van der Waals surface area contributed by atoms with Crippen molar-refractivity contribution in [3.63, 3.8) is 0 Å². The first-order valence-corrected chi connectivity index (χ1v) is 8.55. The summed E-state index contributed by atoms with van der Waals surface area (Å²) in [5, 5.41) is 3.52. The van der Waals surface area contributed by atoms with Crippen molar-refractivity contribution in [3.8, 4) is 0 Å². The summed E-state index contributed by atoms with van der Waals surface area (Å²) in [6.45, 7) is 9.50. The molecule has 2 aromatic rings. The summed E-state index contributed by atoms with van der Waals surface area (Å²) >= 11 is 2.35. The van der Waals surface area contributed by atoms with Gasteiger partial charge in [-0.2, -0.15) is 0 Å². The Bertz CT molecular complexity index is 574. The number of benzene rings is 2. The minimum absolute atomic E-state index is 0.861. The molecule has 2 aromatic carbocycles. The lowest BCUT2D eigenvalue weighted by atomic mass is 10.1. The van der Waals surface area contributed by atoms with E-state index < -0.39 is 0 Å². The van der Waals surface area contributed by atoms with Crippen LogP contribution in [0.4, 0.5) is 11.4 Å². The maximum Gasteiger partial charge on any atom is 0.0400 e. The van der Waals surface area contributed by atoms with E-state index in [-0.39, 0.29) is 0 Å². The fourth-order valence-corrected chi connectivity index (χ4v) is 3.08. The molecule has 2 rings (SSSR count). The molecule has 21 heavy (non-hydrogen) atoms. The van der Waals surface area contributed by atoms with Crippen LogP contribution in [0.1, 0.15) is 25.0 Å². The van der Waals surface area contributed by atoms with Crippen LogP contribution >= 0.6 is 22.6 Å². The van der Waals surface area contributed by atoms with Crippen molar-refractivity contribution in [2.24, 2.45) is 0 Å². The van der Waals surface area contributed by atoms with Crippen LogP contribution in [0.2, 0.25) is 0 Å². The van der Waals surface area contributed by atoms with Gasteiger partial charge in [-0.05, 0) is 84.8 Å². The molecule has 0 aliphatic rings. The molecule has 0 aromatic heterocycles. The van der Waals surface area contributed by atoms with Gasteiger partial charge in [0.05, 0.1) is 0 Å². The highest BCUT2D eigenvalue weighted by Crippen LogP contribution is 2.19. The molecule has 0 radical (unpaired) electrons. The molecule has 0 aliphatic carbocycles. The SMILES string of the molecule is CCN(CC)c1ccc(CNc2ccc(I)cc2C)cc1. The molecule has 1 N–H and O–H groups in total. The number of nitrogens with one attached hydrogen (secondary N) is 1. The highest BCUT2D eigenvalue weighted by Gasteiger charge is 2.02. The Labute approximate surface area is 141 Å². The Hall–Kier alpha value is -1.23. The lowest BCUT2D eigenvalue weighted by Gasteiger charge is -2.21. The fraction of sp³-hybridized carbons (Fsp3) is 0.333. The van der Waals surface area contributed by atoms with Gasteiger partial charge >= 0.3 is 0 Å². The van der Waals surface area contributed by atoms with Gasteiger partial charge < -0.3 is 10.2 Å². The minimum Gasteiger partial charge on any atom is -0.381 e. The maximum absolute atomic E-state index is 3.52. The lowest BCUT2D eigenvalue weighted by Crippen LogP contribution is -2.21. The van der Waals surface area contributed by atoms with Crippen LogP contribution in [-0.2, 0) is 6.54 Å². The Morgan fingerprint density at radius 1 is 1.00 bits per heavy atom. The number of hydrogen-bond donors (Lipinski definition) is 1. The molecule has 0 saturated heterocycles. The summed E-state index contributed by atoms with van der Waals surface area (Å²) in [5.74, 6) is 0. The normalized spacial score (nSPS) is 10.5. The van der Waals surface area contributed by atoms with E-state index in [1.54, 1.807) is 0 Å². The first-order chi connectivity index (χ1) is 10.1. The van der Waals surface area contributed by atoms with Crippen molar-refractivity contribution < 1.29 is 0 Å². The molecule has 0 heterocycles. The third kappa shape index (κ3) is 4.37. The second kappa shape index (κ2) is 7.69. The smallest absolute Gasteiger partial charge is 0.0400 e. The van der Waals surface area contributed by atoms with Crippen LogP contribution in [0.25, 0.3) is 0 Å². The molecule has 2 nitrogen and oxygen atoms in total. The molecule has 0 fully saturated rings. The zero-order valence-electron chi connectivity index (χ0n) is 13.0. The molecule has 0 unspecified atom stereocenters. The summed E-state index contributed by atoms with van der Waals surface area (Å²) in [6, 6.07) is 15.3. The molecule has 0 spiro atoms. The zero-order chi connectivity index (χ0) is 15.2. The predicted molar refractivity (Wildman–Crippen MR) is 101 cm³/mol. The van der Waals surface area contributed by atoms with Gasteiger partial charge in [0.15, 0.2) is 0 Å². The molecular formula is C18H23IN2. The van der Waals surface area contributed by atoms with Gasteiger partial charge in [-0.1, -0.05) is 12.1 Å². The second-order valence-corrected chi connectivity index (χ2v) is 6.40. The Morgan fingerprint density at radius 2 is 1.67 bits per heavy atom. The van der Waals surface area contributed by atoms with Gasteiger partial charge in [-0.25, -0.2) is 0 Å². The van der Waals surface area contributed by atoms with Crippen LogP contribution in [0.15, 0.2) is 42.5 Å². The third-order valence-corrected chi connectivity index (χ3v) is 4.41. The standard InChI is InChI=1S/C18H23IN2/c1-4-21(5-2)17-9-6-15(7-10-17)13-20-18-11-8-16(19)12-14(18)3/h6-12,20H,4-5,13H2,1-3H3. The van der Waals surface area contributed by atoms with E-state index in [9.17, 15) is 0 Å². The zero-order valence-corrected chi connectivity index (χ0v) is 15.1. The third-order valence-electron chi connectivity index (χ3n) is 3.74. The average molecular weight is 394 g/mol. The quantitative estimate of drug-likeness (QED) is 0.690. The molecule has 0 bridgehead atoms. The lowest BCUT2D eigenvalue weighted by molar-refractivity contribution is 0.865. The summed E-state index contributed by atoms with van der Waals surface area (Å²) in [5.41, 5.74) is 5.11. The Balaban J connectivity index is 2.00. The van der Waals surface area contributed by atoms with E-state index in [4.69, 9.17) is 0 Å². The van der Waals surface area contributed by atoms with Crippen molar-refractivity contribution in [3.05, 3.63) is 57.2 Å². The van der Waals surface area contributed by atoms with Gasteiger partial charge in [0.25, 0.3) is 0 Å². The van der Waals surface area contributed by atoms with E-state index in [1.807, 2.05) is 0 Å². The van der Waals surface area contributed by atoms with Gasteiger partial charge in [0.1, 0.15) is 0 Å². The van der Waals surface area contributed by atoms with Crippen LogP contribution < -0.4 is 10.2 Å². The first kappa shape index (κ1) is 16.1. The molecule has 0 saturated carbocycles. The van der Waals surface area contributed by atoms with E-state index in [1.165, 1.54) is 26.1 Å². The van der Waals surface area contributed by atoms with Crippen LogP contribution in [0.3, 0.4) is 0 Å². The van der Waals surface area contributed by atoms with Crippen LogP contribution in [0, 0.1) is 10.5 Å². The topological polar surface area (TPSA) is 15.3 Å². The molecule has 3 heteroatoms. The van der Waals surface area contributed by atoms with Crippen LogP contribution in [-0.4, -0.2) is 13.1 Å². The second-order valence-electron chi connectivity index (χ2n) is 5.15. The summed E-state index contributed by atoms with van der Waals surface area (Å²) < 4.78 is 1.28. The number of aryl methyl sites for hydroxylation is 1. The van der Waals surface area contributed by atoms with Crippen molar-refractivity contribution in [1.29, 1.82) is 0 Å². The molecular weight excluding hydrogens is 371 g/mol. The highest BCUT2D eigenvalue weighted by atomic mass is 127. The van der Waals surface area contributed by atoms with E-state index in [2.05, 4.69) is 96.0 Å². The number of hydrogen-bond acceptors (Lipinski definition) is 2. The van der Waals surface area contributed by atoms with Gasteiger partial charge in [-0.3, -0.25) is 0 Å². The van der Waals surface area contributed by atoms with Crippen molar-refractivity contribution in [2.45, 2.75) is 27.3 Å². The Kier molecular flexibility index (Phi) is 5.91.